The molecule has 0 fully saturated rings. The molecule has 0 amide bonds. The summed E-state index contributed by atoms with van der Waals surface area (Å²) in [6.07, 6.45) is 0.833. The minimum absolute atomic E-state index is 0. The van der Waals surface area contributed by atoms with Gasteiger partial charge in [-0.05, 0) is 0 Å². The lowest BCUT2D eigenvalue weighted by atomic mass is 10.2. The van der Waals surface area contributed by atoms with Gasteiger partial charge in [0.25, 0.3) is 0 Å². The number of hydrogen-bond donors (Lipinski definition) is 0. The highest BCUT2D eigenvalue weighted by molar-refractivity contribution is 5.74. The molecule has 0 aliphatic heterocycles. The largest absolute Gasteiger partial charge is 1.00 e. The van der Waals surface area contributed by atoms with Crippen LogP contribution in [0.2, 0.25) is 0 Å². The smallest absolute Gasteiger partial charge is 0.512 e. The first-order valence-electron chi connectivity index (χ1n) is 2.66. The molecule has 2 heteroatoms. The number of benzene rings is 1. The fourth-order valence-corrected chi connectivity index (χ4v) is 0.532. The Hall–Kier alpha value is -1.62. The normalized spacial score (nSPS) is 7.00. The monoisotopic (exact) mass is 133 g/mol. The van der Waals surface area contributed by atoms with Crippen molar-refractivity contribution in [2.75, 3.05) is 0 Å². The first-order valence-corrected chi connectivity index (χ1v) is 2.66. The Morgan fingerprint density at radius 1 is 1.30 bits per heavy atom. The fraction of sp³-hybridized carbons (Fsp3) is 0. The van der Waals surface area contributed by atoms with Gasteiger partial charge in [-0.1, -0.05) is 30.3 Å². The third-order valence-electron chi connectivity index (χ3n) is 0.936. The Balaban J connectivity index is 0. The maximum Gasteiger partial charge on any atom is 1.00 e. The van der Waals surface area contributed by atoms with Crippen LogP contribution < -0.4 is 0 Å². The van der Waals surface area contributed by atoms with Gasteiger partial charge in [-0.15, -0.1) is 0 Å². The van der Waals surface area contributed by atoms with Gasteiger partial charge in [0.05, 0.1) is 0 Å². The number of nitrogens with zero attached hydrogens (tertiary/aromatic N) is 1. The van der Waals surface area contributed by atoms with E-state index in [1.807, 2.05) is 18.2 Å². The Labute approximate surface area is 61.2 Å². The summed E-state index contributed by atoms with van der Waals surface area (Å²) in [6, 6.07) is 9.10. The van der Waals surface area contributed by atoms with E-state index in [1.54, 1.807) is 12.1 Å². The second-order valence-corrected chi connectivity index (χ2v) is 1.53. The van der Waals surface area contributed by atoms with E-state index in [0.29, 0.717) is 0 Å². The highest BCUT2D eigenvalue weighted by Gasteiger charge is 1.79. The molecule has 1 rings (SSSR count). The Morgan fingerprint density at radius 3 is 2.10 bits per heavy atom. The fourth-order valence-electron chi connectivity index (χ4n) is 0.532. The second-order valence-electron chi connectivity index (χ2n) is 1.53. The zero-order chi connectivity index (χ0) is 7.82. The van der Waals surface area contributed by atoms with Gasteiger partial charge in [0, 0.05) is 5.56 Å². The predicted molar refractivity (Wildman–Crippen MR) is 37.9 cm³/mol. The summed E-state index contributed by atoms with van der Waals surface area (Å²) >= 11 is 0. The van der Waals surface area contributed by atoms with Crippen molar-refractivity contribution < 1.29 is 6.22 Å². The first-order chi connectivity index (χ1) is 4.93. The molecule has 0 N–H and O–H groups in total. The minimum atomic E-state index is 0. The van der Waals surface area contributed by atoms with Crippen molar-refractivity contribution in [1.82, 2.24) is 0 Å². The average molecular weight is 133 g/mol. The first kappa shape index (κ1) is 8.38. The van der Waals surface area contributed by atoms with Crippen LogP contribution in [-0.4, -0.2) is 6.29 Å². The molecule has 0 saturated heterocycles. The number of hydrogen-bond acceptors (Lipinski definition) is 2. The van der Waals surface area contributed by atoms with Crippen molar-refractivity contribution >= 4 is 6.29 Å². The van der Waals surface area contributed by atoms with Crippen molar-refractivity contribution in [3.63, 3.8) is 0 Å². The minimum Gasteiger partial charge on any atom is -0.512 e. The van der Waals surface area contributed by atoms with E-state index in [2.05, 4.69) is 0 Å². The van der Waals surface area contributed by atoms with E-state index in [0.717, 1.165) is 11.8 Å². The van der Waals surface area contributed by atoms with Crippen LogP contribution in [0.1, 0.15) is 11.8 Å². The molecule has 0 saturated carbocycles. The molecule has 0 aromatic heterocycles. The lowest BCUT2D eigenvalue weighted by molar-refractivity contribution is 0.112. The van der Waals surface area contributed by atoms with Crippen LogP contribution in [0.5, 0.6) is 0 Å². The Morgan fingerprint density at radius 2 is 1.80 bits per heavy atom. The Kier molecular flexibility index (Phi) is 4.62. The zero-order valence-corrected chi connectivity index (χ0v) is 5.32. The van der Waals surface area contributed by atoms with Gasteiger partial charge in [-0.2, -0.15) is 0 Å². The molecule has 0 unspecified atom stereocenters. The van der Waals surface area contributed by atoms with E-state index in [1.165, 1.54) is 0 Å². The van der Waals surface area contributed by atoms with Crippen molar-refractivity contribution in [2.45, 2.75) is 0 Å². The zero-order valence-electron chi connectivity index (χ0n) is 6.32. The van der Waals surface area contributed by atoms with Crippen molar-refractivity contribution in [3.8, 4) is 0 Å². The van der Waals surface area contributed by atoms with E-state index >= 15 is 0 Å². The summed E-state index contributed by atoms with van der Waals surface area (Å²) < 4.78 is 0. The highest BCUT2D eigenvalue weighted by Crippen LogP contribution is 1.91. The van der Waals surface area contributed by atoms with Crippen molar-refractivity contribution in [1.29, 1.82) is 5.26 Å². The molecule has 0 aliphatic carbocycles. The van der Waals surface area contributed by atoms with Gasteiger partial charge in [-0.3, -0.25) is 4.79 Å². The number of aldehydes is 1. The molecule has 0 spiro atoms. The van der Waals surface area contributed by atoms with Crippen LogP contribution in [0.25, 0.3) is 0 Å². The number of carbonyl (C=O) groups excluding carboxylic acids is 1. The molecule has 0 aliphatic rings. The molecule has 0 radical (unpaired) electrons. The van der Waals surface area contributed by atoms with E-state index in [9.17, 15) is 4.79 Å². The molecule has 0 bridgehead atoms. The number of carbonyl (C=O) groups is 1. The summed E-state index contributed by atoms with van der Waals surface area (Å²) in [5.41, 5.74) is 0.729. The molecule has 0 heterocycles. The van der Waals surface area contributed by atoms with Gasteiger partial charge in [0.2, 0.25) is 0 Å². The van der Waals surface area contributed by atoms with Gasteiger partial charge >= 0.3 is 1.43 Å². The molecule has 1 aromatic rings. The van der Waals surface area contributed by atoms with Crippen LogP contribution in [-0.2, 0) is 0 Å². The maximum atomic E-state index is 10.0. The van der Waals surface area contributed by atoms with Crippen LogP contribution in [0, 0.1) is 11.8 Å². The van der Waals surface area contributed by atoms with Crippen LogP contribution >= 0.6 is 0 Å². The second kappa shape index (κ2) is 5.52. The molecule has 50 valence electrons. The van der Waals surface area contributed by atoms with Crippen molar-refractivity contribution in [2.24, 2.45) is 0 Å². The van der Waals surface area contributed by atoms with Crippen LogP contribution in [0.3, 0.4) is 0 Å². The third kappa shape index (κ3) is 2.63. The summed E-state index contributed by atoms with van der Waals surface area (Å²) in [6.45, 7) is 4.75. The molecule has 0 atom stereocenters. The third-order valence-corrected chi connectivity index (χ3v) is 0.936. The summed E-state index contributed by atoms with van der Waals surface area (Å²) in [4.78, 5) is 10.0. The van der Waals surface area contributed by atoms with Crippen LogP contribution in [0.4, 0.5) is 0 Å². The summed E-state index contributed by atoms with van der Waals surface area (Å²) in [5.74, 6) is 0. The van der Waals surface area contributed by atoms with E-state index in [4.69, 9.17) is 11.8 Å². The van der Waals surface area contributed by atoms with Crippen LogP contribution in [0.15, 0.2) is 30.3 Å². The average Bonchev–Trinajstić information content (AvgIpc) is 2.10. The lowest BCUT2D eigenvalue weighted by Gasteiger charge is -1.81. The molecule has 10 heavy (non-hydrogen) atoms. The number of rotatable bonds is 1. The highest BCUT2D eigenvalue weighted by atomic mass is 16.1. The quantitative estimate of drug-likeness (QED) is 0.432. The molecular weight excluding hydrogens is 126 g/mol. The van der Waals surface area contributed by atoms with Gasteiger partial charge in [0.15, 0.2) is 0 Å². The van der Waals surface area contributed by atoms with Gasteiger partial charge < -0.3 is 11.8 Å². The lowest BCUT2D eigenvalue weighted by Crippen LogP contribution is -1.73. The topological polar surface area (TPSA) is 40.9 Å². The predicted octanol–water partition coefficient (Wildman–Crippen LogP) is 1.71. The molecule has 1 aromatic carbocycles. The molecular formula is C8H7NO. The molecule has 2 nitrogen and oxygen atoms in total. The SMILES string of the molecule is O=Cc1ccccc1.[C-]#N.[H+]. The maximum absolute atomic E-state index is 10.0. The van der Waals surface area contributed by atoms with Gasteiger partial charge in [0.1, 0.15) is 6.29 Å². The van der Waals surface area contributed by atoms with Crippen molar-refractivity contribution in [3.05, 3.63) is 42.5 Å². The van der Waals surface area contributed by atoms with E-state index < -0.39 is 0 Å². The summed E-state index contributed by atoms with van der Waals surface area (Å²) in [7, 11) is 0. The Bertz CT molecular complexity index is 208. The summed E-state index contributed by atoms with van der Waals surface area (Å²) in [5, 5.41) is 6.25. The standard InChI is InChI=1S/C7H6O.CN/c8-6-7-4-2-1-3-5-7;1-2/h1-6H;/q;-1/p+1. The van der Waals surface area contributed by atoms with Gasteiger partial charge in [-0.25, -0.2) is 0 Å². The van der Waals surface area contributed by atoms with E-state index in [-0.39, 0.29) is 1.43 Å².